The maximum absolute atomic E-state index is 12.2. The van der Waals surface area contributed by atoms with Gasteiger partial charge in [0.25, 0.3) is 5.91 Å². The summed E-state index contributed by atoms with van der Waals surface area (Å²) in [5.74, 6) is 1.40. The maximum atomic E-state index is 12.2. The molecule has 0 heterocycles. The van der Waals surface area contributed by atoms with Crippen LogP contribution in [0.3, 0.4) is 0 Å². The first-order chi connectivity index (χ1) is 13.6. The van der Waals surface area contributed by atoms with Gasteiger partial charge in [-0.25, -0.2) is 5.43 Å². The zero-order valence-electron chi connectivity index (χ0n) is 15.8. The average molecular weight is 391 g/mol. The summed E-state index contributed by atoms with van der Waals surface area (Å²) in [6, 6.07) is 25.2. The molecule has 0 saturated carbocycles. The molecule has 3 aromatic carbocycles. The molecule has 0 aliphatic rings. The van der Waals surface area contributed by atoms with E-state index < -0.39 is 0 Å². The van der Waals surface area contributed by atoms with Crippen LogP contribution in [0.2, 0.25) is 0 Å². The zero-order valence-corrected chi connectivity index (χ0v) is 16.6. The predicted octanol–water partition coefficient (Wildman–Crippen LogP) is 5.42. The molecule has 3 aromatic rings. The Kier molecular flexibility index (Phi) is 6.87. The van der Waals surface area contributed by atoms with Crippen LogP contribution in [-0.4, -0.2) is 17.4 Å². The molecule has 3 rings (SSSR count). The quantitative estimate of drug-likeness (QED) is 0.333. The van der Waals surface area contributed by atoms with Crippen molar-refractivity contribution < 1.29 is 9.53 Å². The summed E-state index contributed by atoms with van der Waals surface area (Å²) < 4.78 is 5.75. The minimum atomic E-state index is -0.235. The predicted molar refractivity (Wildman–Crippen MR) is 115 cm³/mol. The highest BCUT2D eigenvalue weighted by Crippen LogP contribution is 2.23. The Bertz CT molecular complexity index is 923. The highest BCUT2D eigenvalue weighted by molar-refractivity contribution is 8.00. The lowest BCUT2D eigenvalue weighted by Gasteiger charge is -2.09. The van der Waals surface area contributed by atoms with Gasteiger partial charge in [0.1, 0.15) is 11.5 Å². The molecule has 1 amide bonds. The molecule has 0 spiro atoms. The van der Waals surface area contributed by atoms with Gasteiger partial charge >= 0.3 is 0 Å². The van der Waals surface area contributed by atoms with Crippen molar-refractivity contribution in [3.63, 3.8) is 0 Å². The van der Waals surface area contributed by atoms with Crippen molar-refractivity contribution in [2.45, 2.75) is 24.0 Å². The first-order valence-corrected chi connectivity index (χ1v) is 9.87. The summed E-state index contributed by atoms with van der Waals surface area (Å²) >= 11 is 1.51. The van der Waals surface area contributed by atoms with Crippen LogP contribution in [0.4, 0.5) is 0 Å². The van der Waals surface area contributed by atoms with Crippen molar-refractivity contribution in [3.05, 3.63) is 90.0 Å². The molecule has 4 nitrogen and oxygen atoms in total. The molecule has 0 aromatic heterocycles. The van der Waals surface area contributed by atoms with Gasteiger partial charge in [-0.15, -0.1) is 11.8 Å². The van der Waals surface area contributed by atoms with Crippen molar-refractivity contribution in [1.29, 1.82) is 0 Å². The molecule has 0 saturated heterocycles. The fourth-order valence-corrected chi connectivity index (χ4v) is 3.24. The van der Waals surface area contributed by atoms with Crippen LogP contribution in [0.1, 0.15) is 18.1 Å². The zero-order chi connectivity index (χ0) is 19.8. The Balaban J connectivity index is 1.49. The summed E-state index contributed by atoms with van der Waals surface area (Å²) in [5.41, 5.74) is 4.67. The monoisotopic (exact) mass is 390 g/mol. The van der Waals surface area contributed by atoms with Gasteiger partial charge in [-0.2, -0.15) is 5.10 Å². The van der Waals surface area contributed by atoms with E-state index in [1.165, 1.54) is 17.3 Å². The summed E-state index contributed by atoms with van der Waals surface area (Å²) in [7, 11) is 0. The van der Waals surface area contributed by atoms with Gasteiger partial charge in [-0.1, -0.05) is 35.9 Å². The Morgan fingerprint density at radius 2 is 1.61 bits per heavy atom. The van der Waals surface area contributed by atoms with Crippen LogP contribution in [-0.2, 0) is 4.79 Å². The third-order valence-corrected chi connectivity index (χ3v) is 5.06. The van der Waals surface area contributed by atoms with E-state index in [2.05, 4.69) is 10.5 Å². The maximum Gasteiger partial charge on any atom is 0.253 e. The number of hydrogen-bond donors (Lipinski definition) is 1. The molecular weight excluding hydrogens is 368 g/mol. The molecule has 28 heavy (non-hydrogen) atoms. The molecular formula is C23H22N2O2S. The summed E-state index contributed by atoms with van der Waals surface area (Å²) in [6.45, 7) is 3.91. The first-order valence-electron chi connectivity index (χ1n) is 8.99. The molecule has 142 valence electrons. The number of aryl methyl sites for hydroxylation is 1. The lowest BCUT2D eigenvalue weighted by molar-refractivity contribution is -0.120. The van der Waals surface area contributed by atoms with Crippen molar-refractivity contribution in [1.82, 2.24) is 5.43 Å². The van der Waals surface area contributed by atoms with Crippen molar-refractivity contribution in [2.24, 2.45) is 5.10 Å². The Morgan fingerprint density at radius 1 is 0.964 bits per heavy atom. The second-order valence-electron chi connectivity index (χ2n) is 6.29. The summed E-state index contributed by atoms with van der Waals surface area (Å²) in [4.78, 5) is 13.3. The average Bonchev–Trinajstić information content (AvgIpc) is 2.71. The number of hydrogen-bond acceptors (Lipinski definition) is 4. The topological polar surface area (TPSA) is 50.7 Å². The number of amides is 1. The number of thioether (sulfide) groups is 1. The highest BCUT2D eigenvalue weighted by Gasteiger charge is 2.13. The second-order valence-corrected chi connectivity index (χ2v) is 7.71. The molecule has 0 aliphatic heterocycles. The molecule has 0 bridgehead atoms. The summed E-state index contributed by atoms with van der Waals surface area (Å²) in [6.07, 6.45) is 1.62. The lowest BCUT2D eigenvalue weighted by Crippen LogP contribution is -2.26. The minimum Gasteiger partial charge on any atom is -0.457 e. The van der Waals surface area contributed by atoms with E-state index in [-0.39, 0.29) is 11.2 Å². The van der Waals surface area contributed by atoms with E-state index in [0.717, 1.165) is 22.0 Å². The van der Waals surface area contributed by atoms with Gasteiger partial charge in [-0.3, -0.25) is 4.79 Å². The number of benzene rings is 3. The Hall–Kier alpha value is -3.05. The molecule has 0 unspecified atom stereocenters. The number of ether oxygens (including phenoxy) is 1. The van der Waals surface area contributed by atoms with Crippen molar-refractivity contribution >= 4 is 23.9 Å². The number of para-hydroxylation sites is 1. The van der Waals surface area contributed by atoms with Crippen LogP contribution in [0, 0.1) is 6.92 Å². The number of carbonyl (C=O) groups is 1. The van der Waals surface area contributed by atoms with Gasteiger partial charge in [0.05, 0.1) is 11.5 Å². The molecule has 0 radical (unpaired) electrons. The van der Waals surface area contributed by atoms with Gasteiger partial charge < -0.3 is 4.74 Å². The Labute approximate surface area is 169 Å². The minimum absolute atomic E-state index is 0.133. The smallest absolute Gasteiger partial charge is 0.253 e. The van der Waals surface area contributed by atoms with E-state index in [1.54, 1.807) is 6.21 Å². The second kappa shape index (κ2) is 9.76. The molecule has 1 atom stereocenters. The van der Waals surface area contributed by atoms with E-state index in [4.69, 9.17) is 4.74 Å². The Morgan fingerprint density at radius 3 is 2.29 bits per heavy atom. The molecule has 5 heteroatoms. The van der Waals surface area contributed by atoms with E-state index in [0.29, 0.717) is 0 Å². The van der Waals surface area contributed by atoms with Crippen LogP contribution < -0.4 is 10.2 Å². The lowest BCUT2D eigenvalue weighted by atomic mass is 10.2. The normalized spacial score (nSPS) is 11.9. The standard InChI is InChI=1S/C23H22N2O2S/c1-17-8-14-22(15-9-17)28-18(2)23(26)25-24-16-19-10-12-21(13-11-19)27-20-6-4-3-5-7-20/h3-16,18H,1-2H3,(H,25,26)/b24-16-/t18-/m1/s1. The van der Waals surface area contributed by atoms with E-state index in [9.17, 15) is 4.79 Å². The number of carbonyl (C=O) groups excluding carboxylic acids is 1. The van der Waals surface area contributed by atoms with Crippen molar-refractivity contribution in [2.75, 3.05) is 0 Å². The van der Waals surface area contributed by atoms with Gasteiger partial charge in [0.2, 0.25) is 0 Å². The number of hydrazone groups is 1. The van der Waals surface area contributed by atoms with Crippen LogP contribution in [0.25, 0.3) is 0 Å². The largest absolute Gasteiger partial charge is 0.457 e. The van der Waals surface area contributed by atoms with Gasteiger partial charge in [0, 0.05) is 4.90 Å². The van der Waals surface area contributed by atoms with E-state index in [1.807, 2.05) is 92.7 Å². The van der Waals surface area contributed by atoms with E-state index >= 15 is 0 Å². The van der Waals surface area contributed by atoms with Gasteiger partial charge in [-0.05, 0) is 67.9 Å². The third-order valence-electron chi connectivity index (χ3n) is 3.95. The van der Waals surface area contributed by atoms with Gasteiger partial charge in [0.15, 0.2) is 0 Å². The molecule has 1 N–H and O–H groups in total. The first kappa shape index (κ1) is 19.7. The fourth-order valence-electron chi connectivity index (χ4n) is 2.38. The van der Waals surface area contributed by atoms with Crippen molar-refractivity contribution in [3.8, 4) is 11.5 Å². The number of nitrogens with one attached hydrogen (secondary N) is 1. The highest BCUT2D eigenvalue weighted by atomic mass is 32.2. The SMILES string of the molecule is Cc1ccc(S[C@H](C)C(=O)N/N=C\c2ccc(Oc3ccccc3)cc2)cc1. The summed E-state index contributed by atoms with van der Waals surface area (Å²) in [5, 5.41) is 3.82. The molecule has 0 fully saturated rings. The van der Waals surface area contributed by atoms with Crippen LogP contribution in [0.5, 0.6) is 11.5 Å². The third kappa shape index (κ3) is 5.99. The fraction of sp³-hybridized carbons (Fsp3) is 0.130. The van der Waals surface area contributed by atoms with Crippen LogP contribution >= 0.6 is 11.8 Å². The number of nitrogens with zero attached hydrogens (tertiary/aromatic N) is 1. The molecule has 0 aliphatic carbocycles. The van der Waals surface area contributed by atoms with Crippen LogP contribution in [0.15, 0.2) is 88.9 Å². The number of rotatable bonds is 7.